The Morgan fingerprint density at radius 2 is 1.69 bits per heavy atom. The molecule has 2 atom stereocenters. The first-order valence-corrected chi connectivity index (χ1v) is 17.5. The van der Waals surface area contributed by atoms with Crippen LogP contribution in [0.3, 0.4) is 0 Å². The molecule has 10 nitrogen and oxygen atoms in total. The molecule has 260 valence electrons. The fourth-order valence-electron chi connectivity index (χ4n) is 5.92. The van der Waals surface area contributed by atoms with Gasteiger partial charge in [-0.1, -0.05) is 23.5 Å². The number of hydrogen-bond donors (Lipinski definition) is 1. The van der Waals surface area contributed by atoms with Crippen molar-refractivity contribution in [2.24, 2.45) is 0 Å². The lowest BCUT2D eigenvalue weighted by Crippen LogP contribution is -2.56. The summed E-state index contributed by atoms with van der Waals surface area (Å²) in [7, 11) is -5.28. The standard InChI is InChI=1S/C31H28ClF5N6O4S2/c1-30(2,3)47-29(44)42-14-16-10-11-17(15-42)43(16)28-40-24(25(48-28)22-12-13-38-27(32)39-22)18-6-4-9-21(23(18)34)41-49(45,46)26-19(31(35,36)37)7-5-8-20(26)33/h4-9,12-13,16-17,41H,10-11,14-15H2,1-3H3. The van der Waals surface area contributed by atoms with E-state index in [2.05, 4.69) is 14.9 Å². The molecule has 49 heavy (non-hydrogen) atoms. The maximum Gasteiger partial charge on any atom is 0.417 e. The van der Waals surface area contributed by atoms with Crippen LogP contribution in [-0.4, -0.2) is 65.1 Å². The van der Waals surface area contributed by atoms with E-state index in [0.29, 0.717) is 35.2 Å². The lowest BCUT2D eigenvalue weighted by atomic mass is 10.1. The van der Waals surface area contributed by atoms with Crippen molar-refractivity contribution in [1.82, 2.24) is 19.9 Å². The number of nitrogens with zero attached hydrogens (tertiary/aromatic N) is 5. The largest absolute Gasteiger partial charge is 0.444 e. The van der Waals surface area contributed by atoms with E-state index < -0.39 is 55.7 Å². The van der Waals surface area contributed by atoms with Crippen LogP contribution in [0.2, 0.25) is 5.28 Å². The van der Waals surface area contributed by atoms with Gasteiger partial charge in [-0.05, 0) is 75.5 Å². The van der Waals surface area contributed by atoms with Gasteiger partial charge in [0.15, 0.2) is 10.9 Å². The smallest absolute Gasteiger partial charge is 0.417 e. The number of piperazine rings is 1. The molecule has 2 aromatic heterocycles. The van der Waals surface area contributed by atoms with Gasteiger partial charge in [0.2, 0.25) is 5.28 Å². The van der Waals surface area contributed by atoms with Gasteiger partial charge in [-0.2, -0.15) is 13.2 Å². The molecule has 0 spiro atoms. The molecule has 4 aromatic rings. The van der Waals surface area contributed by atoms with E-state index in [9.17, 15) is 30.8 Å². The Morgan fingerprint density at radius 3 is 2.33 bits per heavy atom. The number of nitrogens with one attached hydrogen (secondary N) is 1. The Hall–Kier alpha value is -4.09. The summed E-state index contributed by atoms with van der Waals surface area (Å²) >= 11 is 7.25. The number of rotatable bonds is 6. The second kappa shape index (κ2) is 12.7. The molecular formula is C31H28ClF5N6O4S2. The van der Waals surface area contributed by atoms with E-state index in [4.69, 9.17) is 21.3 Å². The molecule has 2 saturated heterocycles. The van der Waals surface area contributed by atoms with Crippen molar-refractivity contribution < 1.29 is 39.9 Å². The average Bonchev–Trinajstić information content (AvgIpc) is 3.54. The fraction of sp³-hybridized carbons (Fsp3) is 0.355. The number of benzene rings is 2. The zero-order valence-electron chi connectivity index (χ0n) is 26.1. The number of sulfonamides is 1. The molecule has 2 aliphatic rings. The highest BCUT2D eigenvalue weighted by atomic mass is 35.5. The van der Waals surface area contributed by atoms with Crippen LogP contribution in [-0.2, 0) is 20.9 Å². The Labute approximate surface area is 287 Å². The minimum Gasteiger partial charge on any atom is -0.444 e. The number of amides is 1. The van der Waals surface area contributed by atoms with Gasteiger partial charge >= 0.3 is 12.3 Å². The fourth-order valence-corrected chi connectivity index (χ4v) is 8.61. The molecule has 4 heterocycles. The number of aromatic nitrogens is 3. The molecule has 2 fully saturated rings. The Balaban J connectivity index is 1.39. The van der Waals surface area contributed by atoms with Crippen LogP contribution in [0, 0.1) is 11.6 Å². The number of halogens is 6. The van der Waals surface area contributed by atoms with Gasteiger partial charge in [-0.25, -0.2) is 36.9 Å². The number of likely N-dealkylation sites (tertiary alicyclic amines) is 1. The van der Waals surface area contributed by atoms with Crippen molar-refractivity contribution in [3.63, 3.8) is 0 Å². The number of alkyl halides is 3. The van der Waals surface area contributed by atoms with Crippen LogP contribution >= 0.6 is 22.9 Å². The van der Waals surface area contributed by atoms with Gasteiger partial charge in [0.05, 0.1) is 27.5 Å². The molecule has 0 radical (unpaired) electrons. The molecule has 2 bridgehead atoms. The minimum absolute atomic E-state index is 0.0455. The topological polar surface area (TPSA) is 118 Å². The molecule has 0 saturated carbocycles. The van der Waals surface area contributed by atoms with Crippen LogP contribution in [0.4, 0.5) is 37.6 Å². The zero-order valence-corrected chi connectivity index (χ0v) is 28.4. The summed E-state index contributed by atoms with van der Waals surface area (Å²) in [4.78, 5) is 28.2. The first-order chi connectivity index (χ1) is 22.9. The third kappa shape index (κ3) is 7.01. The third-order valence-electron chi connectivity index (χ3n) is 7.87. The van der Waals surface area contributed by atoms with Crippen molar-refractivity contribution in [3.05, 3.63) is 71.1 Å². The normalized spacial score (nSPS) is 18.1. The summed E-state index contributed by atoms with van der Waals surface area (Å²) in [5, 5.41) is 0.374. The number of carbonyl (C=O) groups excluding carboxylic acids is 1. The number of ether oxygens (including phenoxy) is 1. The molecule has 6 rings (SSSR count). The quantitative estimate of drug-likeness (QED) is 0.159. The summed E-state index contributed by atoms with van der Waals surface area (Å²) in [5.41, 5.74) is -3.04. The molecule has 1 amide bonds. The van der Waals surface area contributed by atoms with Crippen molar-refractivity contribution in [2.45, 2.75) is 62.4 Å². The molecular weight excluding hydrogens is 715 g/mol. The Bertz CT molecular complexity index is 2030. The predicted octanol–water partition coefficient (Wildman–Crippen LogP) is 7.61. The average molecular weight is 743 g/mol. The minimum atomic E-state index is -5.28. The van der Waals surface area contributed by atoms with E-state index >= 15 is 4.39 Å². The summed E-state index contributed by atoms with van der Waals surface area (Å²) in [6, 6.07) is 6.55. The number of thiazole rings is 1. The molecule has 2 unspecified atom stereocenters. The van der Waals surface area contributed by atoms with E-state index in [1.165, 1.54) is 35.7 Å². The van der Waals surface area contributed by atoms with E-state index in [1.807, 2.05) is 0 Å². The van der Waals surface area contributed by atoms with Crippen LogP contribution in [0.5, 0.6) is 0 Å². The SMILES string of the molecule is CC(C)(C)OC(=O)N1CC2CCC(C1)N2c1nc(-c2cccc(NS(=O)(=O)c3c(F)cccc3C(F)(F)F)c2F)c(-c2ccnc(Cl)n2)s1. The predicted molar refractivity (Wildman–Crippen MR) is 173 cm³/mol. The highest BCUT2D eigenvalue weighted by molar-refractivity contribution is 7.92. The molecule has 2 aromatic carbocycles. The van der Waals surface area contributed by atoms with Gasteiger partial charge in [-0.3, -0.25) is 4.72 Å². The second-order valence-electron chi connectivity index (χ2n) is 12.4. The molecule has 18 heteroatoms. The molecule has 1 N–H and O–H groups in total. The van der Waals surface area contributed by atoms with Gasteiger partial charge in [0.25, 0.3) is 10.0 Å². The number of carbonyl (C=O) groups is 1. The maximum atomic E-state index is 16.3. The highest BCUT2D eigenvalue weighted by Crippen LogP contribution is 2.46. The van der Waals surface area contributed by atoms with Crippen molar-refractivity contribution >= 4 is 49.9 Å². The van der Waals surface area contributed by atoms with Crippen LogP contribution in [0.1, 0.15) is 39.2 Å². The van der Waals surface area contributed by atoms with Crippen molar-refractivity contribution in [2.75, 3.05) is 22.7 Å². The number of anilines is 2. The number of fused-ring (bicyclic) bond motifs is 2. The highest BCUT2D eigenvalue weighted by Gasteiger charge is 2.44. The summed E-state index contributed by atoms with van der Waals surface area (Å²) < 4.78 is 106. The lowest BCUT2D eigenvalue weighted by Gasteiger charge is -2.41. The molecule has 0 aliphatic carbocycles. The van der Waals surface area contributed by atoms with Crippen LogP contribution in [0.15, 0.2) is 53.6 Å². The lowest BCUT2D eigenvalue weighted by molar-refractivity contribution is -0.140. The molecule has 2 aliphatic heterocycles. The first-order valence-electron chi connectivity index (χ1n) is 14.9. The summed E-state index contributed by atoms with van der Waals surface area (Å²) in [6.45, 7) is 6.07. The summed E-state index contributed by atoms with van der Waals surface area (Å²) in [5.74, 6) is -2.83. The van der Waals surface area contributed by atoms with Gasteiger partial charge in [-0.15, -0.1) is 0 Å². The van der Waals surface area contributed by atoms with Crippen molar-refractivity contribution in [3.8, 4) is 21.8 Å². The maximum absolute atomic E-state index is 16.3. The first kappa shape index (κ1) is 34.8. The Morgan fingerprint density at radius 1 is 1.02 bits per heavy atom. The van der Waals surface area contributed by atoms with Crippen LogP contribution in [0.25, 0.3) is 21.8 Å². The summed E-state index contributed by atoms with van der Waals surface area (Å²) in [6.07, 6.45) is -2.76. The van der Waals surface area contributed by atoms with Crippen LogP contribution < -0.4 is 9.62 Å². The van der Waals surface area contributed by atoms with Gasteiger partial charge in [0, 0.05) is 36.9 Å². The monoisotopic (exact) mass is 742 g/mol. The third-order valence-corrected chi connectivity index (χ3v) is 10.6. The second-order valence-corrected chi connectivity index (χ2v) is 15.4. The zero-order chi connectivity index (χ0) is 35.5. The number of hydrogen-bond acceptors (Lipinski definition) is 9. The Kier molecular flexibility index (Phi) is 8.98. The van der Waals surface area contributed by atoms with Gasteiger partial charge < -0.3 is 14.5 Å². The van der Waals surface area contributed by atoms with Gasteiger partial charge in [0.1, 0.15) is 16.3 Å². The van der Waals surface area contributed by atoms with E-state index in [-0.39, 0.29) is 34.3 Å². The van der Waals surface area contributed by atoms with E-state index in [0.717, 1.165) is 25.0 Å². The van der Waals surface area contributed by atoms with Crippen molar-refractivity contribution in [1.29, 1.82) is 0 Å². The van der Waals surface area contributed by atoms with E-state index in [1.54, 1.807) is 30.4 Å².